The normalized spacial score (nSPS) is 18.9. The lowest BCUT2D eigenvalue weighted by atomic mass is 10.2. The fourth-order valence-electron chi connectivity index (χ4n) is 2.36. The second-order valence-electron chi connectivity index (χ2n) is 5.22. The van der Waals surface area contributed by atoms with Gasteiger partial charge in [-0.1, -0.05) is 29.3 Å². The first kappa shape index (κ1) is 16.3. The first-order chi connectivity index (χ1) is 12.1. The number of carbonyl (C=O) groups is 1. The Labute approximate surface area is 157 Å². The van der Waals surface area contributed by atoms with E-state index in [0.29, 0.717) is 37.3 Å². The largest absolute Gasteiger partial charge is 0.454 e. The second kappa shape index (κ2) is 6.63. The molecule has 0 atom stereocenters. The van der Waals surface area contributed by atoms with Gasteiger partial charge in [-0.3, -0.25) is 4.79 Å². The highest BCUT2D eigenvalue weighted by Gasteiger charge is 2.24. The van der Waals surface area contributed by atoms with Crippen LogP contribution in [0.1, 0.15) is 5.56 Å². The number of nitrogens with one attached hydrogen (secondary N) is 1. The van der Waals surface area contributed by atoms with Crippen molar-refractivity contribution in [2.24, 2.45) is 4.99 Å². The molecule has 0 bridgehead atoms. The van der Waals surface area contributed by atoms with E-state index in [0.717, 1.165) is 5.56 Å². The zero-order valence-corrected chi connectivity index (χ0v) is 14.9. The van der Waals surface area contributed by atoms with E-state index >= 15 is 0 Å². The van der Waals surface area contributed by atoms with Crippen LogP contribution in [0.4, 0.5) is 5.69 Å². The topological polar surface area (TPSA) is 59.9 Å². The molecule has 1 saturated heterocycles. The van der Waals surface area contributed by atoms with Crippen LogP contribution in [0.3, 0.4) is 0 Å². The van der Waals surface area contributed by atoms with E-state index in [4.69, 9.17) is 32.7 Å². The molecule has 2 aromatic carbocycles. The van der Waals surface area contributed by atoms with Crippen molar-refractivity contribution in [3.63, 3.8) is 0 Å². The van der Waals surface area contributed by atoms with Crippen molar-refractivity contribution in [3.05, 3.63) is 56.9 Å². The van der Waals surface area contributed by atoms with E-state index in [1.54, 1.807) is 24.3 Å². The third kappa shape index (κ3) is 3.61. The molecule has 0 radical (unpaired) electrons. The van der Waals surface area contributed by atoms with Gasteiger partial charge < -0.3 is 14.8 Å². The lowest BCUT2D eigenvalue weighted by Crippen LogP contribution is -2.19. The van der Waals surface area contributed by atoms with Crippen molar-refractivity contribution in [1.82, 2.24) is 5.32 Å². The van der Waals surface area contributed by atoms with Gasteiger partial charge in [0.1, 0.15) is 0 Å². The molecule has 0 unspecified atom stereocenters. The van der Waals surface area contributed by atoms with Crippen molar-refractivity contribution >= 4 is 57.8 Å². The molecule has 126 valence electrons. The van der Waals surface area contributed by atoms with Crippen LogP contribution in [0.2, 0.25) is 10.0 Å². The van der Waals surface area contributed by atoms with Gasteiger partial charge in [-0.2, -0.15) is 0 Å². The molecule has 25 heavy (non-hydrogen) atoms. The summed E-state index contributed by atoms with van der Waals surface area (Å²) in [5.74, 6) is 1.15. The predicted molar refractivity (Wildman–Crippen MR) is 99.8 cm³/mol. The molecule has 2 aliphatic heterocycles. The number of rotatable bonds is 2. The Hall–Kier alpha value is -2.15. The number of ether oxygens (including phenoxy) is 2. The quantitative estimate of drug-likeness (QED) is 0.757. The van der Waals surface area contributed by atoms with Crippen molar-refractivity contribution < 1.29 is 14.3 Å². The molecule has 8 heteroatoms. The summed E-state index contributed by atoms with van der Waals surface area (Å²) in [4.78, 5) is 17.1. The Balaban J connectivity index is 1.58. The monoisotopic (exact) mass is 392 g/mol. The summed E-state index contributed by atoms with van der Waals surface area (Å²) >= 11 is 13.2. The number of hydrogen-bond donors (Lipinski definition) is 1. The molecule has 1 amide bonds. The molecule has 0 aliphatic carbocycles. The van der Waals surface area contributed by atoms with E-state index in [9.17, 15) is 4.79 Å². The fraction of sp³-hybridized carbons (Fsp3) is 0.0588. The standard InChI is InChI=1S/C17H10Cl2N2O3S/c18-10-5-11(19)7-12(6-10)20-17-21-16(22)15(25-17)4-9-1-2-13-14(3-9)24-8-23-13/h1-7H,8H2,(H,20,21,22)/b15-4-. The van der Waals surface area contributed by atoms with E-state index in [1.165, 1.54) is 11.8 Å². The molecule has 5 nitrogen and oxygen atoms in total. The predicted octanol–water partition coefficient (Wildman–Crippen LogP) is 4.61. The Kier molecular flexibility index (Phi) is 4.33. The number of hydrogen-bond acceptors (Lipinski definition) is 5. The third-order valence-corrected chi connectivity index (χ3v) is 4.77. The molecule has 1 fully saturated rings. The minimum Gasteiger partial charge on any atom is -0.454 e. The van der Waals surface area contributed by atoms with Crippen LogP contribution in [0, 0.1) is 0 Å². The molecule has 1 N–H and O–H groups in total. The zero-order valence-electron chi connectivity index (χ0n) is 12.6. The highest BCUT2D eigenvalue weighted by Crippen LogP contribution is 2.35. The van der Waals surface area contributed by atoms with Crippen molar-refractivity contribution in [3.8, 4) is 11.5 Å². The Morgan fingerprint density at radius 3 is 2.64 bits per heavy atom. The molecule has 2 aromatic rings. The summed E-state index contributed by atoms with van der Waals surface area (Å²) in [6, 6.07) is 10.5. The number of halogens is 2. The van der Waals surface area contributed by atoms with E-state index in [2.05, 4.69) is 10.3 Å². The van der Waals surface area contributed by atoms with Gasteiger partial charge in [0.15, 0.2) is 16.7 Å². The summed E-state index contributed by atoms with van der Waals surface area (Å²) in [5.41, 5.74) is 1.42. The summed E-state index contributed by atoms with van der Waals surface area (Å²) in [6.45, 7) is 0.212. The van der Waals surface area contributed by atoms with Gasteiger partial charge in [0.2, 0.25) is 6.79 Å². The highest BCUT2D eigenvalue weighted by atomic mass is 35.5. The molecular weight excluding hydrogens is 383 g/mol. The molecule has 2 heterocycles. The smallest absolute Gasteiger partial charge is 0.264 e. The van der Waals surface area contributed by atoms with Crippen LogP contribution in [0.5, 0.6) is 11.5 Å². The van der Waals surface area contributed by atoms with Crippen LogP contribution < -0.4 is 14.8 Å². The Morgan fingerprint density at radius 1 is 1.08 bits per heavy atom. The van der Waals surface area contributed by atoms with Crippen LogP contribution in [-0.2, 0) is 4.79 Å². The Bertz CT molecular complexity index is 923. The van der Waals surface area contributed by atoms with E-state index in [1.807, 2.05) is 18.2 Å². The lowest BCUT2D eigenvalue weighted by molar-refractivity contribution is -0.115. The zero-order chi connectivity index (χ0) is 17.4. The summed E-state index contributed by atoms with van der Waals surface area (Å²) in [7, 11) is 0. The average Bonchev–Trinajstić information content (AvgIpc) is 3.13. The maximum Gasteiger partial charge on any atom is 0.264 e. The number of fused-ring (bicyclic) bond motifs is 1. The van der Waals surface area contributed by atoms with Crippen molar-refractivity contribution in [1.29, 1.82) is 0 Å². The number of carbonyl (C=O) groups excluding carboxylic acids is 1. The van der Waals surface area contributed by atoms with E-state index in [-0.39, 0.29) is 12.7 Å². The van der Waals surface area contributed by atoms with Gasteiger partial charge in [-0.25, -0.2) is 4.99 Å². The lowest BCUT2D eigenvalue weighted by Gasteiger charge is -1.99. The maximum atomic E-state index is 12.2. The maximum absolute atomic E-state index is 12.2. The van der Waals surface area contributed by atoms with Gasteiger partial charge in [-0.15, -0.1) is 0 Å². The van der Waals surface area contributed by atoms with Gasteiger partial charge in [0.25, 0.3) is 5.91 Å². The first-order valence-corrected chi connectivity index (χ1v) is 8.79. The number of amidine groups is 1. The van der Waals surface area contributed by atoms with Gasteiger partial charge in [0.05, 0.1) is 10.6 Å². The summed E-state index contributed by atoms with van der Waals surface area (Å²) in [5, 5.41) is 4.16. The van der Waals surface area contributed by atoms with E-state index < -0.39 is 0 Å². The summed E-state index contributed by atoms with van der Waals surface area (Å²) in [6.07, 6.45) is 1.77. The van der Waals surface area contributed by atoms with Crippen LogP contribution in [0.15, 0.2) is 46.3 Å². The fourth-order valence-corrected chi connectivity index (χ4v) is 3.71. The number of benzene rings is 2. The molecule has 0 spiro atoms. The first-order valence-electron chi connectivity index (χ1n) is 7.22. The molecule has 0 saturated carbocycles. The number of aliphatic imine (C=N–C) groups is 1. The van der Waals surface area contributed by atoms with Crippen molar-refractivity contribution in [2.75, 3.05) is 6.79 Å². The van der Waals surface area contributed by atoms with Gasteiger partial charge >= 0.3 is 0 Å². The average molecular weight is 393 g/mol. The third-order valence-electron chi connectivity index (χ3n) is 3.42. The molecule has 2 aliphatic rings. The minimum atomic E-state index is -0.213. The number of nitrogens with zero attached hydrogens (tertiary/aromatic N) is 1. The molecule has 0 aromatic heterocycles. The van der Waals surface area contributed by atoms with Crippen LogP contribution >= 0.6 is 35.0 Å². The summed E-state index contributed by atoms with van der Waals surface area (Å²) < 4.78 is 10.6. The number of thioether (sulfide) groups is 1. The van der Waals surface area contributed by atoms with Gasteiger partial charge in [-0.05, 0) is 53.7 Å². The second-order valence-corrected chi connectivity index (χ2v) is 7.13. The molecule has 4 rings (SSSR count). The minimum absolute atomic E-state index is 0.212. The van der Waals surface area contributed by atoms with Crippen molar-refractivity contribution in [2.45, 2.75) is 0 Å². The van der Waals surface area contributed by atoms with Crippen LogP contribution in [-0.4, -0.2) is 17.9 Å². The number of amides is 1. The molecular formula is C17H10Cl2N2O3S. The SMILES string of the molecule is O=C1NC(=Nc2cc(Cl)cc(Cl)c2)S/C1=C\c1ccc2c(c1)OCO2. The highest BCUT2D eigenvalue weighted by molar-refractivity contribution is 8.18. The van der Waals surface area contributed by atoms with Gasteiger partial charge in [0, 0.05) is 10.0 Å². The Morgan fingerprint density at radius 2 is 1.84 bits per heavy atom. The van der Waals surface area contributed by atoms with Crippen LogP contribution in [0.25, 0.3) is 6.08 Å².